The third-order valence-electron chi connectivity index (χ3n) is 3.70. The van der Waals surface area contributed by atoms with E-state index in [2.05, 4.69) is 9.71 Å². The van der Waals surface area contributed by atoms with Gasteiger partial charge in [0.15, 0.2) is 0 Å². The largest absolute Gasteiger partial charge is 0.392 e. The van der Waals surface area contributed by atoms with Gasteiger partial charge in [0.05, 0.1) is 17.2 Å². The summed E-state index contributed by atoms with van der Waals surface area (Å²) < 4.78 is 41.8. The second kappa shape index (κ2) is 6.18. The topological polar surface area (TPSA) is 79.3 Å². The quantitative estimate of drug-likeness (QED) is 0.761. The van der Waals surface area contributed by atoms with E-state index in [4.69, 9.17) is 0 Å². The number of hydrogen-bond acceptors (Lipinski definition) is 4. The molecule has 124 valence electrons. The summed E-state index contributed by atoms with van der Waals surface area (Å²) in [5.74, 6) is -0.581. The Labute approximate surface area is 138 Å². The Balaban J connectivity index is 2.11. The van der Waals surface area contributed by atoms with E-state index in [0.717, 1.165) is 6.07 Å². The second-order valence-corrected chi connectivity index (χ2v) is 7.01. The van der Waals surface area contributed by atoms with E-state index < -0.39 is 15.8 Å². The van der Waals surface area contributed by atoms with Crippen molar-refractivity contribution in [2.24, 2.45) is 0 Å². The van der Waals surface area contributed by atoms with Crippen molar-refractivity contribution in [2.45, 2.75) is 18.4 Å². The smallest absolute Gasteiger partial charge is 0.262 e. The van der Waals surface area contributed by atoms with Crippen LogP contribution in [0, 0.1) is 12.7 Å². The zero-order valence-electron chi connectivity index (χ0n) is 12.8. The molecular formula is C17H15FN2O3S. The highest BCUT2D eigenvalue weighted by atomic mass is 32.2. The first-order chi connectivity index (χ1) is 11.4. The van der Waals surface area contributed by atoms with Gasteiger partial charge in [-0.15, -0.1) is 0 Å². The molecule has 0 atom stereocenters. The minimum absolute atomic E-state index is 0.00112. The molecule has 0 aliphatic rings. The lowest BCUT2D eigenvalue weighted by atomic mass is 10.1. The number of aryl methyl sites for hydroxylation is 1. The van der Waals surface area contributed by atoms with Crippen molar-refractivity contribution in [3.8, 4) is 0 Å². The summed E-state index contributed by atoms with van der Waals surface area (Å²) in [6.45, 7) is 1.56. The Kier molecular flexibility index (Phi) is 4.21. The third kappa shape index (κ3) is 2.95. The van der Waals surface area contributed by atoms with E-state index in [1.807, 2.05) is 0 Å². The zero-order valence-corrected chi connectivity index (χ0v) is 13.6. The van der Waals surface area contributed by atoms with Crippen molar-refractivity contribution in [2.75, 3.05) is 4.72 Å². The van der Waals surface area contributed by atoms with Crippen molar-refractivity contribution in [1.29, 1.82) is 0 Å². The van der Waals surface area contributed by atoms with Gasteiger partial charge in [0.25, 0.3) is 10.0 Å². The lowest BCUT2D eigenvalue weighted by molar-refractivity contribution is 0.282. The summed E-state index contributed by atoms with van der Waals surface area (Å²) in [6, 6.07) is 10.4. The van der Waals surface area contributed by atoms with Gasteiger partial charge in [-0.25, -0.2) is 12.8 Å². The van der Waals surface area contributed by atoms with Crippen LogP contribution in [0.2, 0.25) is 0 Å². The molecule has 1 aromatic heterocycles. The van der Waals surface area contributed by atoms with Gasteiger partial charge in [0.1, 0.15) is 11.3 Å². The van der Waals surface area contributed by atoms with Crippen LogP contribution in [0.15, 0.2) is 53.6 Å². The molecule has 0 aliphatic heterocycles. The van der Waals surface area contributed by atoms with E-state index in [-0.39, 0.29) is 22.4 Å². The average Bonchev–Trinajstić information content (AvgIpc) is 2.57. The van der Waals surface area contributed by atoms with E-state index in [0.29, 0.717) is 16.8 Å². The number of halogens is 1. The van der Waals surface area contributed by atoms with Crippen LogP contribution >= 0.6 is 0 Å². The fourth-order valence-electron chi connectivity index (χ4n) is 2.42. The number of pyridine rings is 1. The molecule has 0 saturated carbocycles. The van der Waals surface area contributed by atoms with Crippen LogP contribution in [0.1, 0.15) is 11.1 Å². The minimum atomic E-state index is -3.94. The molecular weight excluding hydrogens is 331 g/mol. The molecule has 1 heterocycles. The first-order valence-electron chi connectivity index (χ1n) is 7.19. The molecule has 2 N–H and O–H groups in total. The fourth-order valence-corrected chi connectivity index (χ4v) is 3.74. The van der Waals surface area contributed by atoms with Gasteiger partial charge < -0.3 is 5.11 Å². The fraction of sp³-hybridized carbons (Fsp3) is 0.118. The number of benzene rings is 2. The summed E-state index contributed by atoms with van der Waals surface area (Å²) in [4.78, 5) is 3.85. The summed E-state index contributed by atoms with van der Waals surface area (Å²) >= 11 is 0. The molecule has 3 aromatic rings. The summed E-state index contributed by atoms with van der Waals surface area (Å²) in [7, 11) is -3.94. The number of aromatic nitrogens is 1. The van der Waals surface area contributed by atoms with Crippen molar-refractivity contribution in [1.82, 2.24) is 4.98 Å². The van der Waals surface area contributed by atoms with Crippen LogP contribution in [0.3, 0.4) is 0 Å². The van der Waals surface area contributed by atoms with Crippen molar-refractivity contribution in [3.05, 3.63) is 65.6 Å². The Hall–Kier alpha value is -2.51. The standard InChI is InChI=1S/C17H15FN2O3S/c1-11-4-5-12(10-21)9-15(11)20-24(22,23)16-7-6-14(18)17-13(16)3-2-8-19-17/h2-9,20-21H,10H2,1H3. The van der Waals surface area contributed by atoms with Gasteiger partial charge in [0, 0.05) is 11.6 Å². The lowest BCUT2D eigenvalue weighted by Gasteiger charge is -2.13. The van der Waals surface area contributed by atoms with E-state index in [1.165, 1.54) is 18.3 Å². The van der Waals surface area contributed by atoms with Gasteiger partial charge in [-0.05, 0) is 48.4 Å². The van der Waals surface area contributed by atoms with E-state index in [9.17, 15) is 17.9 Å². The Morgan fingerprint density at radius 2 is 2.00 bits per heavy atom. The molecule has 0 aliphatic carbocycles. The molecule has 2 aromatic carbocycles. The Morgan fingerprint density at radius 3 is 2.75 bits per heavy atom. The summed E-state index contributed by atoms with van der Waals surface area (Å²) in [5, 5.41) is 9.42. The molecule has 3 rings (SSSR count). The van der Waals surface area contributed by atoms with Crippen LogP contribution in [0.5, 0.6) is 0 Å². The SMILES string of the molecule is Cc1ccc(CO)cc1NS(=O)(=O)c1ccc(F)c2ncccc12. The molecule has 0 radical (unpaired) electrons. The molecule has 0 amide bonds. The predicted octanol–water partition coefficient (Wildman–Crippen LogP) is 2.98. The summed E-state index contributed by atoms with van der Waals surface area (Å²) in [5.41, 5.74) is 1.66. The molecule has 5 nitrogen and oxygen atoms in total. The van der Waals surface area contributed by atoms with Crippen LogP contribution in [0.4, 0.5) is 10.1 Å². The van der Waals surface area contributed by atoms with Crippen molar-refractivity contribution < 1.29 is 17.9 Å². The number of rotatable bonds is 4. The van der Waals surface area contributed by atoms with E-state index in [1.54, 1.807) is 31.2 Å². The lowest BCUT2D eigenvalue weighted by Crippen LogP contribution is -2.14. The van der Waals surface area contributed by atoms with Crippen LogP contribution in [0.25, 0.3) is 10.9 Å². The number of anilines is 1. The molecule has 0 bridgehead atoms. The maximum Gasteiger partial charge on any atom is 0.262 e. The summed E-state index contributed by atoms with van der Waals surface area (Å²) in [6.07, 6.45) is 1.41. The molecule has 7 heteroatoms. The number of nitrogens with one attached hydrogen (secondary N) is 1. The maximum absolute atomic E-state index is 13.8. The van der Waals surface area contributed by atoms with E-state index >= 15 is 0 Å². The predicted molar refractivity (Wildman–Crippen MR) is 89.6 cm³/mol. The van der Waals surface area contributed by atoms with Gasteiger partial charge in [0.2, 0.25) is 0 Å². The average molecular weight is 346 g/mol. The van der Waals surface area contributed by atoms with Crippen LogP contribution in [-0.2, 0) is 16.6 Å². The molecule has 24 heavy (non-hydrogen) atoms. The van der Waals surface area contributed by atoms with Crippen LogP contribution in [-0.4, -0.2) is 18.5 Å². The van der Waals surface area contributed by atoms with Gasteiger partial charge in [-0.3, -0.25) is 9.71 Å². The maximum atomic E-state index is 13.8. The molecule has 0 saturated heterocycles. The minimum Gasteiger partial charge on any atom is -0.392 e. The number of aliphatic hydroxyl groups excluding tert-OH is 1. The third-order valence-corrected chi connectivity index (χ3v) is 5.12. The number of aliphatic hydroxyl groups is 1. The second-order valence-electron chi connectivity index (χ2n) is 5.36. The molecule has 0 unspecified atom stereocenters. The molecule has 0 fully saturated rings. The van der Waals surface area contributed by atoms with Gasteiger partial charge in [-0.2, -0.15) is 0 Å². The first kappa shape index (κ1) is 16.4. The van der Waals surface area contributed by atoms with Crippen molar-refractivity contribution >= 4 is 26.6 Å². The number of nitrogens with zero attached hydrogens (tertiary/aromatic N) is 1. The van der Waals surface area contributed by atoms with Crippen molar-refractivity contribution in [3.63, 3.8) is 0 Å². The highest BCUT2D eigenvalue weighted by Crippen LogP contribution is 2.27. The normalized spacial score (nSPS) is 11.6. The van der Waals surface area contributed by atoms with Crippen LogP contribution < -0.4 is 4.72 Å². The number of sulfonamides is 1. The number of hydrogen-bond donors (Lipinski definition) is 2. The van der Waals surface area contributed by atoms with Gasteiger partial charge >= 0.3 is 0 Å². The highest BCUT2D eigenvalue weighted by Gasteiger charge is 2.20. The van der Waals surface area contributed by atoms with Gasteiger partial charge in [-0.1, -0.05) is 12.1 Å². The Bertz CT molecular complexity index is 1020. The monoisotopic (exact) mass is 346 g/mol. The highest BCUT2D eigenvalue weighted by molar-refractivity contribution is 7.93. The number of fused-ring (bicyclic) bond motifs is 1. The first-order valence-corrected chi connectivity index (χ1v) is 8.67. The zero-order chi connectivity index (χ0) is 17.3. The Morgan fingerprint density at radius 1 is 1.21 bits per heavy atom. The molecule has 0 spiro atoms.